The SMILES string of the molecule is CCOc1ccc(-n2c(SCC(=O)Nc3nc(C)c(Cl)cc3Cl)nc3ccccc32)cc1. The first-order valence-electron chi connectivity index (χ1n) is 9.92. The number of aromatic nitrogens is 3. The number of imidazole rings is 1. The monoisotopic (exact) mass is 486 g/mol. The van der Waals surface area contributed by atoms with E-state index in [-0.39, 0.29) is 11.7 Å². The molecule has 6 nitrogen and oxygen atoms in total. The van der Waals surface area contributed by atoms with Gasteiger partial charge in [0.15, 0.2) is 11.0 Å². The Hall–Kier alpha value is -2.74. The number of benzene rings is 2. The number of para-hydroxylation sites is 2. The lowest BCUT2D eigenvalue weighted by atomic mass is 10.2. The van der Waals surface area contributed by atoms with Crippen molar-refractivity contribution < 1.29 is 9.53 Å². The summed E-state index contributed by atoms with van der Waals surface area (Å²) in [5.74, 6) is 0.993. The topological polar surface area (TPSA) is 69.0 Å². The molecule has 2 aromatic heterocycles. The summed E-state index contributed by atoms with van der Waals surface area (Å²) in [7, 11) is 0. The van der Waals surface area contributed by atoms with Crippen molar-refractivity contribution >= 4 is 57.7 Å². The van der Waals surface area contributed by atoms with Crippen LogP contribution < -0.4 is 10.1 Å². The van der Waals surface area contributed by atoms with Crippen molar-refractivity contribution in [2.24, 2.45) is 0 Å². The number of thioether (sulfide) groups is 1. The highest BCUT2D eigenvalue weighted by Gasteiger charge is 2.16. The normalized spacial score (nSPS) is 11.0. The highest BCUT2D eigenvalue weighted by Crippen LogP contribution is 2.30. The number of anilines is 1. The number of halogens is 2. The van der Waals surface area contributed by atoms with Gasteiger partial charge in [-0.05, 0) is 56.3 Å². The molecule has 0 atom stereocenters. The molecule has 1 N–H and O–H groups in total. The second kappa shape index (κ2) is 9.81. The van der Waals surface area contributed by atoms with Gasteiger partial charge in [-0.2, -0.15) is 0 Å². The van der Waals surface area contributed by atoms with E-state index in [0.717, 1.165) is 22.5 Å². The summed E-state index contributed by atoms with van der Waals surface area (Å²) in [5.41, 5.74) is 3.33. The molecule has 2 heterocycles. The zero-order valence-corrected chi connectivity index (χ0v) is 19.8. The molecule has 1 amide bonds. The second-order valence-corrected chi connectivity index (χ2v) is 8.63. The van der Waals surface area contributed by atoms with E-state index in [4.69, 9.17) is 32.9 Å². The third-order valence-electron chi connectivity index (χ3n) is 4.63. The van der Waals surface area contributed by atoms with Crippen molar-refractivity contribution in [3.63, 3.8) is 0 Å². The Morgan fingerprint density at radius 3 is 2.59 bits per heavy atom. The van der Waals surface area contributed by atoms with E-state index in [1.807, 2.05) is 60.0 Å². The van der Waals surface area contributed by atoms with E-state index >= 15 is 0 Å². The Morgan fingerprint density at radius 2 is 1.84 bits per heavy atom. The molecule has 0 radical (unpaired) electrons. The average Bonchev–Trinajstić information content (AvgIpc) is 3.15. The van der Waals surface area contributed by atoms with Crippen molar-refractivity contribution in [3.05, 3.63) is 70.3 Å². The van der Waals surface area contributed by atoms with E-state index in [1.54, 1.807) is 13.0 Å². The number of ether oxygens (including phenoxy) is 1. The predicted octanol–water partition coefficient (Wildman–Crippen LogP) is 6.17. The Kier molecular flexibility index (Phi) is 6.89. The summed E-state index contributed by atoms with van der Waals surface area (Å²) < 4.78 is 7.58. The predicted molar refractivity (Wildman–Crippen MR) is 131 cm³/mol. The highest BCUT2D eigenvalue weighted by molar-refractivity contribution is 7.99. The maximum atomic E-state index is 12.6. The summed E-state index contributed by atoms with van der Waals surface area (Å²) in [6.07, 6.45) is 0. The minimum absolute atomic E-state index is 0.139. The number of amides is 1. The summed E-state index contributed by atoms with van der Waals surface area (Å²) in [6.45, 7) is 4.31. The first kappa shape index (κ1) is 22.5. The van der Waals surface area contributed by atoms with E-state index in [0.29, 0.717) is 33.3 Å². The third kappa shape index (κ3) is 4.85. The van der Waals surface area contributed by atoms with Gasteiger partial charge in [0.2, 0.25) is 5.91 Å². The van der Waals surface area contributed by atoms with Crippen LogP contribution in [-0.2, 0) is 4.79 Å². The molecular formula is C23H20Cl2N4O2S. The van der Waals surface area contributed by atoms with Gasteiger partial charge >= 0.3 is 0 Å². The van der Waals surface area contributed by atoms with Crippen molar-refractivity contribution in [1.82, 2.24) is 14.5 Å². The van der Waals surface area contributed by atoms with Crippen LogP contribution in [0.2, 0.25) is 10.0 Å². The summed E-state index contributed by atoms with van der Waals surface area (Å²) in [5, 5.41) is 4.20. The Morgan fingerprint density at radius 1 is 1.09 bits per heavy atom. The van der Waals surface area contributed by atoms with Crippen molar-refractivity contribution in [3.8, 4) is 11.4 Å². The number of rotatable bonds is 7. The van der Waals surface area contributed by atoms with E-state index < -0.39 is 0 Å². The van der Waals surface area contributed by atoms with Crippen LogP contribution in [0.15, 0.2) is 59.8 Å². The van der Waals surface area contributed by atoms with Gasteiger partial charge in [0, 0.05) is 5.69 Å². The minimum Gasteiger partial charge on any atom is -0.494 e. The molecule has 0 aliphatic heterocycles. The van der Waals surface area contributed by atoms with Crippen molar-refractivity contribution in [2.75, 3.05) is 17.7 Å². The smallest absolute Gasteiger partial charge is 0.236 e. The zero-order chi connectivity index (χ0) is 22.7. The fourth-order valence-corrected chi connectivity index (χ4v) is 4.39. The van der Waals surface area contributed by atoms with Crippen LogP contribution in [0.1, 0.15) is 12.6 Å². The second-order valence-electron chi connectivity index (χ2n) is 6.87. The number of hydrogen-bond acceptors (Lipinski definition) is 5. The van der Waals surface area contributed by atoms with Crippen molar-refractivity contribution in [2.45, 2.75) is 19.0 Å². The van der Waals surface area contributed by atoms with E-state index in [1.165, 1.54) is 11.8 Å². The Balaban J connectivity index is 1.57. The molecule has 4 rings (SSSR count). The van der Waals surface area contributed by atoms with Crippen LogP contribution in [0.3, 0.4) is 0 Å². The molecular weight excluding hydrogens is 467 g/mol. The summed E-state index contributed by atoms with van der Waals surface area (Å²) >= 11 is 13.5. The number of hydrogen-bond donors (Lipinski definition) is 1. The van der Waals surface area contributed by atoms with E-state index in [9.17, 15) is 4.79 Å². The molecule has 164 valence electrons. The highest BCUT2D eigenvalue weighted by atomic mass is 35.5. The molecule has 0 saturated heterocycles. The van der Waals surface area contributed by atoms with Gasteiger partial charge in [-0.1, -0.05) is 47.1 Å². The number of pyridine rings is 1. The molecule has 4 aromatic rings. The van der Waals surface area contributed by atoms with Gasteiger partial charge in [-0.25, -0.2) is 9.97 Å². The number of nitrogens with zero attached hydrogens (tertiary/aromatic N) is 3. The molecule has 0 unspecified atom stereocenters. The molecule has 0 bridgehead atoms. The lowest BCUT2D eigenvalue weighted by molar-refractivity contribution is -0.113. The molecule has 0 fully saturated rings. The number of aryl methyl sites for hydroxylation is 1. The standard InChI is InChI=1S/C23H20Cl2N4O2S/c1-3-31-16-10-8-15(9-11-16)29-20-7-5-4-6-19(20)27-23(29)32-13-21(30)28-22-18(25)12-17(24)14(2)26-22/h4-12H,3,13H2,1-2H3,(H,26,28,30). The molecule has 9 heteroatoms. The molecule has 0 aliphatic carbocycles. The summed E-state index contributed by atoms with van der Waals surface area (Å²) in [6, 6.07) is 17.2. The molecule has 0 saturated carbocycles. The quantitative estimate of drug-likeness (QED) is 0.316. The maximum Gasteiger partial charge on any atom is 0.236 e. The number of carbonyl (C=O) groups excluding carboxylic acids is 1. The average molecular weight is 487 g/mol. The third-order valence-corrected chi connectivity index (χ3v) is 6.24. The zero-order valence-electron chi connectivity index (χ0n) is 17.4. The van der Waals surface area contributed by atoms with Crippen LogP contribution in [0, 0.1) is 6.92 Å². The molecule has 0 aliphatic rings. The van der Waals surface area contributed by atoms with Crippen molar-refractivity contribution in [1.29, 1.82) is 0 Å². The van der Waals surface area contributed by atoms with Crippen LogP contribution in [0.5, 0.6) is 5.75 Å². The van der Waals surface area contributed by atoms with Gasteiger partial charge in [0.05, 0.1) is 39.1 Å². The minimum atomic E-state index is -0.239. The number of fused-ring (bicyclic) bond motifs is 1. The lowest BCUT2D eigenvalue weighted by Gasteiger charge is -2.11. The Bertz CT molecular complexity index is 1280. The fraction of sp³-hybridized carbons (Fsp3) is 0.174. The molecule has 32 heavy (non-hydrogen) atoms. The van der Waals surface area contributed by atoms with Crippen LogP contribution in [0.4, 0.5) is 5.82 Å². The van der Waals surface area contributed by atoms with Gasteiger partial charge in [-0.3, -0.25) is 9.36 Å². The first-order chi connectivity index (χ1) is 15.5. The number of carbonyl (C=O) groups is 1. The van der Waals surface area contributed by atoms with E-state index in [2.05, 4.69) is 10.3 Å². The largest absolute Gasteiger partial charge is 0.494 e. The number of nitrogens with one attached hydrogen (secondary N) is 1. The van der Waals surface area contributed by atoms with Crippen LogP contribution in [0.25, 0.3) is 16.7 Å². The first-order valence-corrected chi connectivity index (χ1v) is 11.7. The molecule has 2 aromatic carbocycles. The van der Waals surface area contributed by atoms with Gasteiger partial charge in [0.25, 0.3) is 0 Å². The summed E-state index contributed by atoms with van der Waals surface area (Å²) in [4.78, 5) is 21.6. The van der Waals surface area contributed by atoms with Gasteiger partial charge in [0.1, 0.15) is 5.75 Å². The molecule has 0 spiro atoms. The lowest BCUT2D eigenvalue weighted by Crippen LogP contribution is -2.16. The Labute approximate surface area is 199 Å². The van der Waals surface area contributed by atoms with Crippen LogP contribution >= 0.6 is 35.0 Å². The maximum absolute atomic E-state index is 12.6. The van der Waals surface area contributed by atoms with Crippen LogP contribution in [-0.4, -0.2) is 32.8 Å². The van der Waals surface area contributed by atoms with Gasteiger partial charge in [-0.15, -0.1) is 0 Å². The fourth-order valence-electron chi connectivity index (χ4n) is 3.15. The van der Waals surface area contributed by atoms with Gasteiger partial charge < -0.3 is 10.1 Å².